The minimum absolute atomic E-state index is 0.124. The Morgan fingerprint density at radius 2 is 1.68 bits per heavy atom. The Kier molecular flexibility index (Phi) is 6.72. The van der Waals surface area contributed by atoms with Crippen molar-refractivity contribution in [3.63, 3.8) is 0 Å². The summed E-state index contributed by atoms with van der Waals surface area (Å²) >= 11 is 5.97. The van der Waals surface area contributed by atoms with E-state index in [4.69, 9.17) is 11.6 Å². The van der Waals surface area contributed by atoms with Gasteiger partial charge in [0.05, 0.1) is 12.1 Å². The lowest BCUT2D eigenvalue weighted by atomic mass is 9.96. The van der Waals surface area contributed by atoms with E-state index in [0.29, 0.717) is 30.9 Å². The van der Waals surface area contributed by atoms with E-state index in [9.17, 15) is 18.3 Å². The first kappa shape index (κ1) is 23.8. The number of aliphatic hydroxyl groups excluding tert-OH is 1. The summed E-state index contributed by atoms with van der Waals surface area (Å²) in [5, 5.41) is 11.6. The Bertz CT molecular complexity index is 1010. The molecule has 6 nitrogen and oxygen atoms in total. The molecule has 0 unspecified atom stereocenters. The van der Waals surface area contributed by atoms with Gasteiger partial charge in [0, 0.05) is 62.1 Å². The van der Waals surface area contributed by atoms with Crippen LogP contribution in [0, 0.1) is 0 Å². The number of alkyl halides is 3. The summed E-state index contributed by atoms with van der Waals surface area (Å²) < 4.78 is 40.4. The Labute approximate surface area is 202 Å². The lowest BCUT2D eigenvalue weighted by Gasteiger charge is -2.38. The zero-order valence-corrected chi connectivity index (χ0v) is 19.7. The number of aryl methyl sites for hydroxylation is 1. The maximum Gasteiger partial charge on any atom is 0.451 e. The Morgan fingerprint density at radius 3 is 2.38 bits per heavy atom. The molecule has 2 atom stereocenters. The summed E-state index contributed by atoms with van der Waals surface area (Å²) in [6, 6.07) is 7.73. The van der Waals surface area contributed by atoms with E-state index in [1.807, 2.05) is 29.2 Å². The number of halogens is 4. The van der Waals surface area contributed by atoms with Crippen LogP contribution in [0.5, 0.6) is 0 Å². The summed E-state index contributed by atoms with van der Waals surface area (Å²) in [4.78, 5) is 14.3. The molecule has 1 aromatic carbocycles. The average Bonchev–Trinajstić information content (AvgIpc) is 3.21. The van der Waals surface area contributed by atoms with E-state index in [1.54, 1.807) is 0 Å². The predicted molar refractivity (Wildman–Crippen MR) is 124 cm³/mol. The molecule has 1 aliphatic carbocycles. The molecule has 2 saturated heterocycles. The molecule has 0 saturated carbocycles. The van der Waals surface area contributed by atoms with Gasteiger partial charge in [0.25, 0.3) is 0 Å². The minimum Gasteiger partial charge on any atom is -0.390 e. The second-order valence-electron chi connectivity index (χ2n) is 9.48. The topological polar surface area (TPSA) is 55.7 Å². The van der Waals surface area contributed by atoms with Crippen LogP contribution in [0.25, 0.3) is 0 Å². The number of hydrogen-bond acceptors (Lipinski definition) is 6. The Morgan fingerprint density at radius 1 is 0.971 bits per heavy atom. The van der Waals surface area contributed by atoms with Crippen LogP contribution in [0.4, 0.5) is 19.0 Å². The van der Waals surface area contributed by atoms with E-state index in [-0.39, 0.29) is 12.6 Å². The van der Waals surface area contributed by atoms with Crippen molar-refractivity contribution in [3.8, 4) is 0 Å². The molecule has 2 fully saturated rings. The van der Waals surface area contributed by atoms with Crippen LogP contribution in [-0.2, 0) is 25.6 Å². The number of fused-ring (bicyclic) bond motifs is 1. The first-order valence-corrected chi connectivity index (χ1v) is 12.3. The maximum absolute atomic E-state index is 13.5. The second-order valence-corrected chi connectivity index (χ2v) is 9.92. The minimum atomic E-state index is -4.58. The van der Waals surface area contributed by atoms with Crippen molar-refractivity contribution in [2.24, 2.45) is 0 Å². The third kappa shape index (κ3) is 5.03. The number of aromatic nitrogens is 2. The van der Waals surface area contributed by atoms with Crippen molar-refractivity contribution in [2.75, 3.05) is 44.2 Å². The molecule has 1 N–H and O–H groups in total. The summed E-state index contributed by atoms with van der Waals surface area (Å²) in [5.41, 5.74) is 2.54. The average molecular weight is 496 g/mol. The monoisotopic (exact) mass is 495 g/mol. The number of anilines is 1. The highest BCUT2D eigenvalue weighted by Gasteiger charge is 2.41. The first-order valence-electron chi connectivity index (χ1n) is 11.9. The first-order chi connectivity index (χ1) is 16.3. The van der Waals surface area contributed by atoms with Gasteiger partial charge in [0.15, 0.2) is 0 Å². The third-order valence-electron chi connectivity index (χ3n) is 7.17. The van der Waals surface area contributed by atoms with E-state index in [2.05, 4.69) is 19.8 Å². The smallest absolute Gasteiger partial charge is 0.390 e. The molecule has 0 amide bonds. The van der Waals surface area contributed by atoms with Crippen molar-refractivity contribution in [1.82, 2.24) is 19.8 Å². The number of nitrogens with zero attached hydrogens (tertiary/aromatic N) is 5. The highest BCUT2D eigenvalue weighted by molar-refractivity contribution is 6.30. The molecule has 5 rings (SSSR count). The molecule has 10 heteroatoms. The zero-order chi connectivity index (χ0) is 23.9. The summed E-state index contributed by atoms with van der Waals surface area (Å²) in [6.45, 7) is 4.95. The highest BCUT2D eigenvalue weighted by Crippen LogP contribution is 2.35. The van der Waals surface area contributed by atoms with Crippen LogP contribution < -0.4 is 4.90 Å². The summed E-state index contributed by atoms with van der Waals surface area (Å²) in [7, 11) is 0. The van der Waals surface area contributed by atoms with E-state index in [0.717, 1.165) is 56.2 Å². The number of piperazine rings is 1. The van der Waals surface area contributed by atoms with Gasteiger partial charge in [-0.25, -0.2) is 9.97 Å². The SMILES string of the molecule is O[C@@H]1CN(c2nc(C(F)(F)F)nc3c2CCCC3)C[C@H]1N1CCN(Cc2ccc(Cl)cc2)CC1. The van der Waals surface area contributed by atoms with Crippen molar-refractivity contribution in [2.45, 2.75) is 50.6 Å². The van der Waals surface area contributed by atoms with Crippen LogP contribution in [0.1, 0.15) is 35.5 Å². The van der Waals surface area contributed by atoms with Crippen molar-refractivity contribution in [1.29, 1.82) is 0 Å². The fraction of sp³-hybridized carbons (Fsp3) is 0.583. The van der Waals surface area contributed by atoms with E-state index >= 15 is 0 Å². The highest BCUT2D eigenvalue weighted by atomic mass is 35.5. The fourth-order valence-electron chi connectivity index (χ4n) is 5.36. The summed E-state index contributed by atoms with van der Waals surface area (Å²) in [5.74, 6) is -0.711. The normalized spacial score (nSPS) is 24.4. The van der Waals surface area contributed by atoms with E-state index in [1.165, 1.54) is 5.56 Å². The van der Waals surface area contributed by atoms with Crippen LogP contribution in [0.15, 0.2) is 24.3 Å². The standard InChI is InChI=1S/C24H29ClF3N5O/c25-17-7-5-16(6-8-17)13-31-9-11-32(12-10-31)20-14-33(15-21(20)34)22-18-3-1-2-4-19(18)29-23(30-22)24(26,27)28/h5-8,20-21,34H,1-4,9-15H2/t20-,21-/m1/s1. The van der Waals surface area contributed by atoms with Gasteiger partial charge in [0.1, 0.15) is 5.82 Å². The molecule has 0 radical (unpaired) electrons. The summed E-state index contributed by atoms with van der Waals surface area (Å²) in [6.07, 6.45) is -2.23. The van der Waals surface area contributed by atoms with E-state index < -0.39 is 18.1 Å². The van der Waals surface area contributed by atoms with Gasteiger partial charge < -0.3 is 10.0 Å². The van der Waals surface area contributed by atoms with Gasteiger partial charge >= 0.3 is 6.18 Å². The van der Waals surface area contributed by atoms with Crippen LogP contribution in [0.2, 0.25) is 5.02 Å². The van der Waals surface area contributed by atoms with Gasteiger partial charge in [0.2, 0.25) is 5.82 Å². The second kappa shape index (κ2) is 9.60. The third-order valence-corrected chi connectivity index (χ3v) is 7.42. The fourth-order valence-corrected chi connectivity index (χ4v) is 5.49. The van der Waals surface area contributed by atoms with Crippen molar-refractivity contribution in [3.05, 3.63) is 51.9 Å². The molecule has 3 heterocycles. The molecule has 2 aromatic rings. The Balaban J connectivity index is 1.26. The lowest BCUT2D eigenvalue weighted by Crippen LogP contribution is -2.53. The molecular weight excluding hydrogens is 467 g/mol. The molecule has 0 bridgehead atoms. The van der Waals surface area contributed by atoms with Crippen LogP contribution in [-0.4, -0.2) is 76.3 Å². The number of rotatable bonds is 4. The zero-order valence-electron chi connectivity index (χ0n) is 18.9. The quantitative estimate of drug-likeness (QED) is 0.701. The Hall–Kier alpha value is -1.94. The molecule has 2 aliphatic heterocycles. The molecule has 1 aromatic heterocycles. The lowest BCUT2D eigenvalue weighted by molar-refractivity contribution is -0.145. The van der Waals surface area contributed by atoms with Crippen LogP contribution in [0.3, 0.4) is 0 Å². The van der Waals surface area contributed by atoms with Crippen molar-refractivity contribution < 1.29 is 18.3 Å². The van der Waals surface area contributed by atoms with Gasteiger partial charge in [-0.05, 0) is 43.4 Å². The molecule has 34 heavy (non-hydrogen) atoms. The van der Waals surface area contributed by atoms with Gasteiger partial charge in [-0.1, -0.05) is 23.7 Å². The van der Waals surface area contributed by atoms with Gasteiger partial charge in [-0.2, -0.15) is 13.2 Å². The molecule has 3 aliphatic rings. The maximum atomic E-state index is 13.5. The number of aliphatic hydroxyl groups is 1. The number of β-amino-alcohol motifs (C(OH)–C–C–N with tert-alkyl or cyclic N) is 1. The molecule has 184 valence electrons. The predicted octanol–water partition coefficient (Wildman–Crippen LogP) is 3.39. The molecular formula is C24H29ClF3N5O. The van der Waals surface area contributed by atoms with Crippen LogP contribution >= 0.6 is 11.6 Å². The van der Waals surface area contributed by atoms with Crippen molar-refractivity contribution >= 4 is 17.4 Å². The number of benzene rings is 1. The van der Waals surface area contributed by atoms with Gasteiger partial charge in [-0.3, -0.25) is 9.80 Å². The van der Waals surface area contributed by atoms with Gasteiger partial charge in [-0.15, -0.1) is 0 Å². The number of hydrogen-bond donors (Lipinski definition) is 1. The largest absolute Gasteiger partial charge is 0.451 e. The molecule has 0 spiro atoms.